The first-order valence-electron chi connectivity index (χ1n) is 3.15. The van der Waals surface area contributed by atoms with E-state index in [1.807, 2.05) is 6.92 Å². The fourth-order valence-electron chi connectivity index (χ4n) is 0.848. The number of rotatable bonds is 0. The van der Waals surface area contributed by atoms with Crippen molar-refractivity contribution >= 4 is 16.9 Å². The van der Waals surface area contributed by atoms with Gasteiger partial charge in [0.25, 0.3) is 0 Å². The van der Waals surface area contributed by atoms with Crippen LogP contribution < -0.4 is 0 Å². The predicted octanol–water partition coefficient (Wildman–Crippen LogP) is -0.382. The van der Waals surface area contributed by atoms with Gasteiger partial charge in [-0.3, -0.25) is 4.79 Å². The van der Waals surface area contributed by atoms with Crippen molar-refractivity contribution in [2.75, 3.05) is 5.75 Å². The molecule has 0 radical (unpaired) electrons. The summed E-state index contributed by atoms with van der Waals surface area (Å²) in [6.45, 7) is 1.81. The zero-order valence-electron chi connectivity index (χ0n) is 5.65. The Labute approximate surface area is 63.4 Å². The first-order valence-corrected chi connectivity index (χ1v) is 4.14. The van der Waals surface area contributed by atoms with Gasteiger partial charge in [0.2, 0.25) is 5.12 Å². The summed E-state index contributed by atoms with van der Waals surface area (Å²) >= 11 is 1.09. The molecule has 4 heteroatoms. The molecular formula is C6H10O3S. The highest BCUT2D eigenvalue weighted by atomic mass is 32.2. The molecule has 0 bridgehead atoms. The van der Waals surface area contributed by atoms with Crippen LogP contribution in [-0.2, 0) is 4.79 Å². The van der Waals surface area contributed by atoms with Crippen LogP contribution in [0.5, 0.6) is 0 Å². The van der Waals surface area contributed by atoms with Gasteiger partial charge in [-0.1, -0.05) is 18.7 Å². The lowest BCUT2D eigenvalue weighted by Gasteiger charge is -2.26. The molecule has 0 aromatic rings. The van der Waals surface area contributed by atoms with Crippen molar-refractivity contribution in [2.45, 2.75) is 19.1 Å². The maximum atomic E-state index is 10.7. The summed E-state index contributed by atoms with van der Waals surface area (Å²) < 4.78 is 0. The highest BCUT2D eigenvalue weighted by molar-refractivity contribution is 8.13. The zero-order chi connectivity index (χ0) is 7.72. The highest BCUT2D eigenvalue weighted by Crippen LogP contribution is 2.24. The topological polar surface area (TPSA) is 57.5 Å². The smallest absolute Gasteiger partial charge is 0.220 e. The van der Waals surface area contributed by atoms with E-state index in [1.165, 1.54) is 0 Å². The molecule has 0 aliphatic carbocycles. The summed E-state index contributed by atoms with van der Waals surface area (Å²) in [6, 6.07) is 0. The van der Waals surface area contributed by atoms with Gasteiger partial charge in [0.05, 0.1) is 6.10 Å². The Hall–Kier alpha value is -0.0600. The molecule has 1 fully saturated rings. The first kappa shape index (κ1) is 8.04. The molecule has 58 valence electrons. The Balaban J connectivity index is 2.60. The van der Waals surface area contributed by atoms with E-state index < -0.39 is 12.2 Å². The van der Waals surface area contributed by atoms with Crippen LogP contribution in [0.1, 0.15) is 6.92 Å². The Morgan fingerprint density at radius 1 is 1.60 bits per heavy atom. The van der Waals surface area contributed by atoms with E-state index in [4.69, 9.17) is 10.2 Å². The summed E-state index contributed by atoms with van der Waals surface area (Å²) in [4.78, 5) is 10.7. The lowest BCUT2D eigenvalue weighted by molar-refractivity contribution is -0.126. The molecule has 10 heavy (non-hydrogen) atoms. The second-order valence-electron chi connectivity index (χ2n) is 2.54. The number of aliphatic hydroxyl groups is 2. The Morgan fingerprint density at radius 2 is 2.20 bits per heavy atom. The van der Waals surface area contributed by atoms with Crippen molar-refractivity contribution in [1.29, 1.82) is 0 Å². The quantitative estimate of drug-likeness (QED) is 0.509. The molecule has 1 heterocycles. The number of hydrogen-bond acceptors (Lipinski definition) is 4. The summed E-state index contributed by atoms with van der Waals surface area (Å²) in [6.07, 6.45) is -2.04. The van der Waals surface area contributed by atoms with Crippen LogP contribution in [0.4, 0.5) is 0 Å². The molecule has 2 unspecified atom stereocenters. The van der Waals surface area contributed by atoms with E-state index in [1.54, 1.807) is 0 Å². The minimum Gasteiger partial charge on any atom is -0.390 e. The number of thioether (sulfide) groups is 1. The summed E-state index contributed by atoms with van der Waals surface area (Å²) in [7, 11) is 0. The lowest BCUT2D eigenvalue weighted by Crippen LogP contribution is -2.42. The number of carbonyl (C=O) groups is 1. The molecule has 1 rings (SSSR count). The molecule has 1 saturated heterocycles. The van der Waals surface area contributed by atoms with Gasteiger partial charge in [0.1, 0.15) is 6.10 Å². The predicted molar refractivity (Wildman–Crippen MR) is 38.6 cm³/mol. The van der Waals surface area contributed by atoms with E-state index in [0.29, 0.717) is 5.75 Å². The van der Waals surface area contributed by atoms with Crippen LogP contribution in [0.2, 0.25) is 0 Å². The van der Waals surface area contributed by atoms with E-state index in [-0.39, 0.29) is 11.0 Å². The second kappa shape index (κ2) is 2.90. The molecule has 3 atom stereocenters. The standard InChI is InChI=1S/C6H10O3S/c1-3-2-10-6(9)5(8)4(3)7/h3-5,7-8H,2H2,1H3/t3-,4?,5?/m1/s1. The fourth-order valence-corrected chi connectivity index (χ4v) is 1.78. The molecule has 0 aromatic carbocycles. The summed E-state index contributed by atoms with van der Waals surface area (Å²) in [5.41, 5.74) is 0. The van der Waals surface area contributed by atoms with E-state index in [0.717, 1.165) is 11.8 Å². The normalized spacial score (nSPS) is 41.9. The molecular weight excluding hydrogens is 152 g/mol. The monoisotopic (exact) mass is 162 g/mol. The molecule has 0 spiro atoms. The van der Waals surface area contributed by atoms with Crippen molar-refractivity contribution < 1.29 is 15.0 Å². The maximum absolute atomic E-state index is 10.7. The third-order valence-corrected chi connectivity index (χ3v) is 2.85. The van der Waals surface area contributed by atoms with Gasteiger partial charge in [-0.15, -0.1) is 0 Å². The van der Waals surface area contributed by atoms with E-state index in [9.17, 15) is 4.79 Å². The number of aliphatic hydroxyl groups excluding tert-OH is 2. The lowest BCUT2D eigenvalue weighted by atomic mass is 10.0. The number of hydrogen-bond donors (Lipinski definition) is 2. The Kier molecular flexibility index (Phi) is 2.33. The minimum absolute atomic E-state index is 0.0118. The highest BCUT2D eigenvalue weighted by Gasteiger charge is 2.34. The van der Waals surface area contributed by atoms with Gasteiger partial charge >= 0.3 is 0 Å². The van der Waals surface area contributed by atoms with Crippen LogP contribution in [0.25, 0.3) is 0 Å². The van der Waals surface area contributed by atoms with Gasteiger partial charge in [-0.05, 0) is 5.92 Å². The third kappa shape index (κ3) is 1.33. The molecule has 2 N–H and O–H groups in total. The first-order chi connectivity index (χ1) is 4.63. The molecule has 3 nitrogen and oxygen atoms in total. The average molecular weight is 162 g/mol. The molecule has 0 saturated carbocycles. The third-order valence-electron chi connectivity index (χ3n) is 1.64. The van der Waals surface area contributed by atoms with Crippen molar-refractivity contribution in [2.24, 2.45) is 5.92 Å². The minimum atomic E-state index is -1.17. The van der Waals surface area contributed by atoms with E-state index >= 15 is 0 Å². The zero-order valence-corrected chi connectivity index (χ0v) is 6.47. The van der Waals surface area contributed by atoms with Gasteiger partial charge in [-0.25, -0.2) is 0 Å². The van der Waals surface area contributed by atoms with Crippen LogP contribution in [0, 0.1) is 5.92 Å². The maximum Gasteiger partial charge on any atom is 0.220 e. The van der Waals surface area contributed by atoms with E-state index in [2.05, 4.69) is 0 Å². The van der Waals surface area contributed by atoms with Crippen LogP contribution in [0.15, 0.2) is 0 Å². The van der Waals surface area contributed by atoms with Gasteiger partial charge in [0.15, 0.2) is 0 Å². The molecule has 0 amide bonds. The Bertz CT molecular complexity index is 148. The van der Waals surface area contributed by atoms with Crippen LogP contribution in [0.3, 0.4) is 0 Å². The Morgan fingerprint density at radius 3 is 2.70 bits per heavy atom. The molecule has 1 aliphatic heterocycles. The van der Waals surface area contributed by atoms with Gasteiger partial charge in [0, 0.05) is 5.75 Å². The van der Waals surface area contributed by atoms with Crippen molar-refractivity contribution in [3.63, 3.8) is 0 Å². The van der Waals surface area contributed by atoms with Gasteiger partial charge in [-0.2, -0.15) is 0 Å². The summed E-state index contributed by atoms with van der Waals surface area (Å²) in [5.74, 6) is 0.620. The van der Waals surface area contributed by atoms with Crippen molar-refractivity contribution in [3.05, 3.63) is 0 Å². The fraction of sp³-hybridized carbons (Fsp3) is 0.833. The summed E-state index contributed by atoms with van der Waals surface area (Å²) in [5, 5.41) is 17.8. The average Bonchev–Trinajstić information content (AvgIpc) is 1.93. The SMILES string of the molecule is C[C@@H]1CSC(=O)C(O)C1O. The largest absolute Gasteiger partial charge is 0.390 e. The number of carbonyl (C=O) groups excluding carboxylic acids is 1. The molecule has 1 aliphatic rings. The van der Waals surface area contributed by atoms with Crippen molar-refractivity contribution in [3.8, 4) is 0 Å². The van der Waals surface area contributed by atoms with Gasteiger partial charge < -0.3 is 10.2 Å². The molecule has 0 aromatic heterocycles. The second-order valence-corrected chi connectivity index (χ2v) is 3.57. The van der Waals surface area contributed by atoms with Crippen molar-refractivity contribution in [1.82, 2.24) is 0 Å². The van der Waals surface area contributed by atoms with Crippen LogP contribution in [-0.4, -0.2) is 33.3 Å². The van der Waals surface area contributed by atoms with Crippen LogP contribution >= 0.6 is 11.8 Å².